The van der Waals surface area contributed by atoms with Gasteiger partial charge in [0.15, 0.2) is 0 Å². The molecule has 78 valence electrons. The number of Topliss-reactive ketones (excluding diaryl/α,β-unsaturated/α-hetero) is 1. The summed E-state index contributed by atoms with van der Waals surface area (Å²) in [5.41, 5.74) is 4.31. The summed E-state index contributed by atoms with van der Waals surface area (Å²) in [5, 5.41) is 3.40. The molecule has 6 nitrogen and oxygen atoms in total. The lowest BCUT2D eigenvalue weighted by Gasteiger charge is -1.96. The van der Waals surface area contributed by atoms with E-state index in [4.69, 9.17) is 5.84 Å². The van der Waals surface area contributed by atoms with E-state index in [0.29, 0.717) is 5.56 Å². The fourth-order valence-corrected chi connectivity index (χ4v) is 0.859. The molecule has 0 fully saturated rings. The first-order chi connectivity index (χ1) is 7.24. The quantitative estimate of drug-likeness (QED) is 0.214. The largest absolute Gasteiger partial charge is 0.349 e. The van der Waals surface area contributed by atoms with Gasteiger partial charge in [-0.2, -0.15) is 5.10 Å². The molecule has 4 N–H and O–H groups in total. The number of hydrogen-bond acceptors (Lipinski definition) is 4. The monoisotopic (exact) mass is 206 g/mol. The number of nitrogens with one attached hydrogen (secondary N) is 2. The highest BCUT2D eigenvalue weighted by atomic mass is 16.2. The van der Waals surface area contributed by atoms with Gasteiger partial charge in [-0.1, -0.05) is 30.3 Å². The van der Waals surface area contributed by atoms with Crippen LogP contribution in [0.5, 0.6) is 0 Å². The first kappa shape index (κ1) is 10.9. The molecule has 0 aliphatic carbocycles. The second-order valence-corrected chi connectivity index (χ2v) is 2.57. The van der Waals surface area contributed by atoms with Gasteiger partial charge in [-0.25, -0.2) is 16.1 Å². The second kappa shape index (κ2) is 5.51. The molecule has 0 bridgehead atoms. The van der Waals surface area contributed by atoms with E-state index >= 15 is 0 Å². The van der Waals surface area contributed by atoms with Crippen molar-refractivity contribution < 1.29 is 9.59 Å². The molecule has 2 amide bonds. The van der Waals surface area contributed by atoms with Crippen molar-refractivity contribution in [3.63, 3.8) is 0 Å². The molecule has 0 saturated carbocycles. The number of ketones is 1. The number of nitrogens with two attached hydrogens (primary N) is 1. The minimum atomic E-state index is -0.688. The van der Waals surface area contributed by atoms with Gasteiger partial charge in [-0.3, -0.25) is 10.2 Å². The molecular weight excluding hydrogens is 196 g/mol. The number of hydrazone groups is 1. The Balaban J connectivity index is 2.53. The van der Waals surface area contributed by atoms with Crippen LogP contribution in [0.15, 0.2) is 35.4 Å². The average Bonchev–Trinajstić information content (AvgIpc) is 2.29. The molecule has 15 heavy (non-hydrogen) atoms. The fraction of sp³-hybridized carbons (Fsp3) is 0. The number of urea groups is 1. The first-order valence-electron chi connectivity index (χ1n) is 4.13. The maximum absolute atomic E-state index is 11.4. The van der Waals surface area contributed by atoms with Crippen LogP contribution in [0.1, 0.15) is 10.4 Å². The molecule has 1 rings (SSSR count). The highest BCUT2D eigenvalue weighted by molar-refractivity contribution is 6.35. The maximum atomic E-state index is 11.4. The molecule has 0 aromatic heterocycles. The lowest BCUT2D eigenvalue weighted by Crippen LogP contribution is -2.37. The van der Waals surface area contributed by atoms with Gasteiger partial charge < -0.3 is 0 Å². The van der Waals surface area contributed by atoms with Gasteiger partial charge in [-0.15, -0.1) is 0 Å². The molecule has 6 heteroatoms. The summed E-state index contributed by atoms with van der Waals surface area (Å²) in [6.07, 6.45) is 1.00. The third kappa shape index (κ3) is 3.57. The fourth-order valence-electron chi connectivity index (χ4n) is 0.859. The summed E-state index contributed by atoms with van der Waals surface area (Å²) in [4.78, 5) is 21.9. The normalized spacial score (nSPS) is 9.93. The van der Waals surface area contributed by atoms with Crippen molar-refractivity contribution in [2.24, 2.45) is 10.9 Å². The van der Waals surface area contributed by atoms with Gasteiger partial charge in [0.2, 0.25) is 5.78 Å². The molecule has 1 aromatic rings. The summed E-state index contributed by atoms with van der Waals surface area (Å²) in [5.74, 6) is 4.48. The van der Waals surface area contributed by atoms with Crippen LogP contribution in [0.3, 0.4) is 0 Å². The van der Waals surface area contributed by atoms with Crippen LogP contribution in [0, 0.1) is 0 Å². The number of hydrogen-bond donors (Lipinski definition) is 3. The SMILES string of the molecule is NNC(=O)N/N=C/C(=O)c1ccccc1. The molecule has 0 aliphatic heterocycles. The number of carbonyl (C=O) groups is 2. The molecule has 0 radical (unpaired) electrons. The van der Waals surface area contributed by atoms with E-state index in [-0.39, 0.29) is 5.78 Å². The van der Waals surface area contributed by atoms with Crippen LogP contribution < -0.4 is 16.7 Å². The highest BCUT2D eigenvalue weighted by Crippen LogP contribution is 1.97. The zero-order chi connectivity index (χ0) is 11.1. The summed E-state index contributed by atoms with van der Waals surface area (Å²) in [6, 6.07) is 7.89. The molecule has 0 spiro atoms. The third-order valence-corrected chi connectivity index (χ3v) is 1.54. The molecule has 0 aliphatic rings. The zero-order valence-corrected chi connectivity index (χ0v) is 7.81. The first-order valence-corrected chi connectivity index (χ1v) is 4.13. The average molecular weight is 206 g/mol. The van der Waals surface area contributed by atoms with Gasteiger partial charge in [0, 0.05) is 5.56 Å². The predicted molar refractivity (Wildman–Crippen MR) is 55.1 cm³/mol. The van der Waals surface area contributed by atoms with Crippen LogP contribution >= 0.6 is 0 Å². The minimum absolute atomic E-state index is 0.298. The van der Waals surface area contributed by atoms with E-state index in [1.807, 2.05) is 5.43 Å². The van der Waals surface area contributed by atoms with Crippen LogP contribution in [0.2, 0.25) is 0 Å². The molecule has 0 saturated heterocycles. The Bertz CT molecular complexity index is 375. The number of nitrogens with zero attached hydrogens (tertiary/aromatic N) is 1. The molecule has 0 unspecified atom stereocenters. The van der Waals surface area contributed by atoms with Gasteiger partial charge >= 0.3 is 6.03 Å². The van der Waals surface area contributed by atoms with Crippen molar-refractivity contribution in [3.05, 3.63) is 35.9 Å². The Morgan fingerprint density at radius 2 is 1.93 bits per heavy atom. The van der Waals surface area contributed by atoms with E-state index in [2.05, 4.69) is 5.10 Å². The van der Waals surface area contributed by atoms with Crippen molar-refractivity contribution >= 4 is 18.0 Å². The topological polar surface area (TPSA) is 96.6 Å². The van der Waals surface area contributed by atoms with Gasteiger partial charge in [0.1, 0.15) is 0 Å². The van der Waals surface area contributed by atoms with Crippen LogP contribution in [0.25, 0.3) is 0 Å². The Morgan fingerprint density at radius 1 is 1.27 bits per heavy atom. The van der Waals surface area contributed by atoms with Gasteiger partial charge in [-0.05, 0) is 0 Å². The Kier molecular flexibility index (Phi) is 3.99. The number of carbonyl (C=O) groups excluding carboxylic acids is 2. The van der Waals surface area contributed by atoms with Crippen molar-refractivity contribution in [1.82, 2.24) is 10.9 Å². The standard InChI is InChI=1S/C9H10N4O2/c10-12-9(15)13-11-6-8(14)7-4-2-1-3-5-7/h1-6H,10H2,(H2,12,13,15)/b11-6+. The van der Waals surface area contributed by atoms with Crippen molar-refractivity contribution in [3.8, 4) is 0 Å². The Morgan fingerprint density at radius 3 is 2.53 bits per heavy atom. The predicted octanol–water partition coefficient (Wildman–Crippen LogP) is 0.0280. The lowest BCUT2D eigenvalue weighted by atomic mass is 10.1. The highest BCUT2D eigenvalue weighted by Gasteiger charge is 2.00. The van der Waals surface area contributed by atoms with E-state index < -0.39 is 6.03 Å². The van der Waals surface area contributed by atoms with Crippen LogP contribution in [-0.2, 0) is 0 Å². The number of hydrazine groups is 1. The Hall–Kier alpha value is -2.21. The van der Waals surface area contributed by atoms with Crippen molar-refractivity contribution in [2.75, 3.05) is 0 Å². The van der Waals surface area contributed by atoms with Crippen LogP contribution in [0.4, 0.5) is 4.79 Å². The molecule has 0 heterocycles. The van der Waals surface area contributed by atoms with Gasteiger partial charge in [0.05, 0.1) is 6.21 Å². The smallest absolute Gasteiger partial charge is 0.287 e. The summed E-state index contributed by atoms with van der Waals surface area (Å²) in [7, 11) is 0. The summed E-state index contributed by atoms with van der Waals surface area (Å²) < 4.78 is 0. The van der Waals surface area contributed by atoms with E-state index in [1.54, 1.807) is 35.8 Å². The van der Waals surface area contributed by atoms with E-state index in [9.17, 15) is 9.59 Å². The van der Waals surface area contributed by atoms with Gasteiger partial charge in [0.25, 0.3) is 0 Å². The molecule has 0 atom stereocenters. The molecular formula is C9H10N4O2. The minimum Gasteiger partial charge on any atom is -0.287 e. The summed E-state index contributed by atoms with van der Waals surface area (Å²) in [6.45, 7) is 0. The second-order valence-electron chi connectivity index (χ2n) is 2.57. The lowest BCUT2D eigenvalue weighted by molar-refractivity contribution is 0.107. The number of amides is 2. The Labute approximate surface area is 86.1 Å². The third-order valence-electron chi connectivity index (χ3n) is 1.54. The zero-order valence-electron chi connectivity index (χ0n) is 7.81. The van der Waals surface area contributed by atoms with Crippen LogP contribution in [-0.4, -0.2) is 18.0 Å². The van der Waals surface area contributed by atoms with E-state index in [0.717, 1.165) is 6.21 Å². The van der Waals surface area contributed by atoms with E-state index in [1.165, 1.54) is 0 Å². The number of benzene rings is 1. The van der Waals surface area contributed by atoms with Crippen molar-refractivity contribution in [1.29, 1.82) is 0 Å². The maximum Gasteiger partial charge on any atom is 0.349 e. The summed E-state index contributed by atoms with van der Waals surface area (Å²) >= 11 is 0. The molecule has 1 aromatic carbocycles. The number of rotatable bonds is 3. The van der Waals surface area contributed by atoms with Crippen molar-refractivity contribution in [2.45, 2.75) is 0 Å².